The highest BCUT2D eigenvalue weighted by atomic mass is 32.2. The predicted molar refractivity (Wildman–Crippen MR) is 116 cm³/mol. The van der Waals surface area contributed by atoms with Crippen molar-refractivity contribution < 1.29 is 13.2 Å². The van der Waals surface area contributed by atoms with Crippen LogP contribution in [0.5, 0.6) is 5.75 Å². The SMILES string of the molecule is CCCCc1ccccc1NS(=O)(=O)c1ccc(OCCN(CC)CC)cc1. The first-order valence-corrected chi connectivity index (χ1v) is 11.5. The van der Waals surface area contributed by atoms with Gasteiger partial charge in [-0.25, -0.2) is 8.42 Å². The molecule has 0 heterocycles. The van der Waals surface area contributed by atoms with Gasteiger partial charge in [0.1, 0.15) is 12.4 Å². The number of likely N-dealkylation sites (N-methyl/N-ethyl adjacent to an activating group) is 1. The number of nitrogens with zero attached hydrogens (tertiary/aromatic N) is 1. The first-order valence-electron chi connectivity index (χ1n) is 10.1. The molecular weight excluding hydrogens is 372 g/mol. The molecule has 2 aromatic rings. The Labute approximate surface area is 169 Å². The summed E-state index contributed by atoms with van der Waals surface area (Å²) in [6.45, 7) is 9.77. The summed E-state index contributed by atoms with van der Waals surface area (Å²) in [5.41, 5.74) is 1.67. The molecule has 0 bridgehead atoms. The van der Waals surface area contributed by atoms with Crippen molar-refractivity contribution in [2.24, 2.45) is 0 Å². The third kappa shape index (κ3) is 6.53. The van der Waals surface area contributed by atoms with Gasteiger partial charge < -0.3 is 9.64 Å². The first-order chi connectivity index (χ1) is 13.5. The van der Waals surface area contributed by atoms with Crippen LogP contribution in [0.3, 0.4) is 0 Å². The van der Waals surface area contributed by atoms with Crippen LogP contribution in [-0.4, -0.2) is 39.6 Å². The zero-order valence-corrected chi connectivity index (χ0v) is 18.0. The van der Waals surface area contributed by atoms with Gasteiger partial charge in [0.05, 0.1) is 10.6 Å². The lowest BCUT2D eigenvalue weighted by Gasteiger charge is -2.18. The number of unbranched alkanes of at least 4 members (excludes halogenated alkanes) is 1. The van der Waals surface area contributed by atoms with Crippen molar-refractivity contribution in [2.75, 3.05) is 31.0 Å². The monoisotopic (exact) mass is 404 g/mol. The maximum atomic E-state index is 12.8. The summed E-state index contributed by atoms with van der Waals surface area (Å²) < 4.78 is 34.0. The van der Waals surface area contributed by atoms with Gasteiger partial charge in [-0.3, -0.25) is 4.72 Å². The number of nitrogens with one attached hydrogen (secondary N) is 1. The van der Waals surface area contributed by atoms with E-state index in [1.807, 2.05) is 24.3 Å². The van der Waals surface area contributed by atoms with E-state index in [0.29, 0.717) is 18.0 Å². The minimum absolute atomic E-state index is 0.230. The van der Waals surface area contributed by atoms with Crippen molar-refractivity contribution in [3.05, 3.63) is 54.1 Å². The van der Waals surface area contributed by atoms with Gasteiger partial charge in [-0.15, -0.1) is 0 Å². The molecule has 0 aliphatic rings. The molecule has 0 fully saturated rings. The van der Waals surface area contributed by atoms with E-state index in [0.717, 1.165) is 44.5 Å². The van der Waals surface area contributed by atoms with Crippen LogP contribution in [-0.2, 0) is 16.4 Å². The third-order valence-corrected chi connectivity index (χ3v) is 6.15. The molecule has 0 aromatic heterocycles. The molecule has 0 saturated heterocycles. The van der Waals surface area contributed by atoms with E-state index in [4.69, 9.17) is 4.74 Å². The molecule has 154 valence electrons. The second-order valence-electron chi connectivity index (χ2n) is 6.71. The minimum Gasteiger partial charge on any atom is -0.492 e. The quantitative estimate of drug-likeness (QED) is 0.564. The fraction of sp³-hybridized carbons (Fsp3) is 0.455. The molecular formula is C22H32N2O3S. The van der Waals surface area contributed by atoms with Crippen molar-refractivity contribution in [1.82, 2.24) is 4.90 Å². The van der Waals surface area contributed by atoms with Crippen molar-refractivity contribution in [3.8, 4) is 5.75 Å². The second kappa shape index (κ2) is 11.1. The first kappa shape index (κ1) is 22.2. The normalized spacial score (nSPS) is 11.6. The topological polar surface area (TPSA) is 58.6 Å². The van der Waals surface area contributed by atoms with E-state index in [1.54, 1.807) is 24.3 Å². The lowest BCUT2D eigenvalue weighted by molar-refractivity contribution is 0.222. The Hall–Kier alpha value is -2.05. The minimum atomic E-state index is -3.63. The Morgan fingerprint density at radius 1 is 0.964 bits per heavy atom. The smallest absolute Gasteiger partial charge is 0.261 e. The van der Waals surface area contributed by atoms with Gasteiger partial charge in [-0.2, -0.15) is 0 Å². The van der Waals surface area contributed by atoms with Crippen LogP contribution in [0.2, 0.25) is 0 Å². The molecule has 6 heteroatoms. The lowest BCUT2D eigenvalue weighted by Crippen LogP contribution is -2.27. The maximum absolute atomic E-state index is 12.8. The molecule has 28 heavy (non-hydrogen) atoms. The molecule has 2 rings (SSSR count). The predicted octanol–water partition coefficient (Wildman–Crippen LogP) is 4.55. The number of hydrogen-bond acceptors (Lipinski definition) is 4. The molecule has 0 aliphatic heterocycles. The fourth-order valence-electron chi connectivity index (χ4n) is 2.96. The highest BCUT2D eigenvalue weighted by molar-refractivity contribution is 7.92. The Balaban J connectivity index is 2.02. The Kier molecular flexibility index (Phi) is 8.80. The maximum Gasteiger partial charge on any atom is 0.261 e. The summed E-state index contributed by atoms with van der Waals surface area (Å²) >= 11 is 0. The molecule has 0 atom stereocenters. The van der Waals surface area contributed by atoms with Crippen molar-refractivity contribution in [2.45, 2.75) is 44.9 Å². The van der Waals surface area contributed by atoms with Crippen LogP contribution in [0.25, 0.3) is 0 Å². The van der Waals surface area contributed by atoms with Crippen LogP contribution in [0.4, 0.5) is 5.69 Å². The van der Waals surface area contributed by atoms with E-state index >= 15 is 0 Å². The number of hydrogen-bond donors (Lipinski definition) is 1. The van der Waals surface area contributed by atoms with Crippen LogP contribution in [0, 0.1) is 0 Å². The largest absolute Gasteiger partial charge is 0.492 e. The van der Waals surface area contributed by atoms with Gasteiger partial charge in [-0.1, -0.05) is 45.4 Å². The molecule has 5 nitrogen and oxygen atoms in total. The lowest BCUT2D eigenvalue weighted by atomic mass is 10.1. The van der Waals surface area contributed by atoms with Crippen molar-refractivity contribution >= 4 is 15.7 Å². The number of rotatable bonds is 12. The van der Waals surface area contributed by atoms with Gasteiger partial charge in [0, 0.05) is 6.54 Å². The number of ether oxygens (including phenoxy) is 1. The average molecular weight is 405 g/mol. The van der Waals surface area contributed by atoms with E-state index in [2.05, 4.69) is 30.4 Å². The van der Waals surface area contributed by atoms with Crippen LogP contribution < -0.4 is 9.46 Å². The number of para-hydroxylation sites is 1. The average Bonchev–Trinajstić information content (AvgIpc) is 2.71. The summed E-state index contributed by atoms with van der Waals surface area (Å²) in [5.74, 6) is 0.675. The van der Waals surface area contributed by atoms with Crippen LogP contribution >= 0.6 is 0 Å². The standard InChI is InChI=1S/C22H32N2O3S/c1-4-7-10-19-11-8-9-12-22(19)23-28(25,26)21-15-13-20(14-16-21)27-18-17-24(5-2)6-3/h8-9,11-16,23H,4-7,10,17-18H2,1-3H3. The molecule has 2 aromatic carbocycles. The van der Waals surface area contributed by atoms with Crippen LogP contribution in [0.15, 0.2) is 53.4 Å². The Morgan fingerprint density at radius 3 is 2.29 bits per heavy atom. The van der Waals surface area contributed by atoms with Crippen molar-refractivity contribution in [1.29, 1.82) is 0 Å². The number of aryl methyl sites for hydroxylation is 1. The van der Waals surface area contributed by atoms with E-state index in [9.17, 15) is 8.42 Å². The fourth-order valence-corrected chi connectivity index (χ4v) is 4.06. The van der Waals surface area contributed by atoms with Gasteiger partial charge in [-0.05, 0) is 61.8 Å². The van der Waals surface area contributed by atoms with Crippen molar-refractivity contribution in [3.63, 3.8) is 0 Å². The zero-order chi connectivity index (χ0) is 20.4. The zero-order valence-electron chi connectivity index (χ0n) is 17.1. The van der Waals surface area contributed by atoms with Gasteiger partial charge in [0.2, 0.25) is 0 Å². The Bertz CT molecular complexity index is 816. The summed E-state index contributed by atoms with van der Waals surface area (Å²) in [5, 5.41) is 0. The summed E-state index contributed by atoms with van der Waals surface area (Å²) in [6.07, 6.45) is 2.95. The van der Waals surface area contributed by atoms with Gasteiger partial charge in [0.25, 0.3) is 10.0 Å². The van der Waals surface area contributed by atoms with Gasteiger partial charge in [0.15, 0.2) is 0 Å². The summed E-state index contributed by atoms with van der Waals surface area (Å²) in [4.78, 5) is 2.51. The second-order valence-corrected chi connectivity index (χ2v) is 8.40. The molecule has 0 radical (unpaired) electrons. The highest BCUT2D eigenvalue weighted by Gasteiger charge is 2.16. The number of anilines is 1. The van der Waals surface area contributed by atoms with E-state index in [1.165, 1.54) is 0 Å². The highest BCUT2D eigenvalue weighted by Crippen LogP contribution is 2.23. The van der Waals surface area contributed by atoms with E-state index in [-0.39, 0.29) is 4.90 Å². The molecule has 0 saturated carbocycles. The molecule has 1 N–H and O–H groups in total. The summed E-state index contributed by atoms with van der Waals surface area (Å²) in [6, 6.07) is 14.2. The molecule has 0 spiro atoms. The molecule has 0 amide bonds. The van der Waals surface area contributed by atoms with E-state index < -0.39 is 10.0 Å². The van der Waals surface area contributed by atoms with Crippen LogP contribution in [0.1, 0.15) is 39.2 Å². The number of sulfonamides is 1. The third-order valence-electron chi connectivity index (χ3n) is 4.77. The summed E-state index contributed by atoms with van der Waals surface area (Å²) in [7, 11) is -3.63. The molecule has 0 aliphatic carbocycles. The molecule has 0 unspecified atom stereocenters. The Morgan fingerprint density at radius 2 is 1.64 bits per heavy atom. The van der Waals surface area contributed by atoms with Gasteiger partial charge >= 0.3 is 0 Å². The number of benzene rings is 2.